The molecule has 0 atom stereocenters. The number of hydrogen-bond donors (Lipinski definition) is 3. The quantitative estimate of drug-likeness (QED) is 0.337. The van der Waals surface area contributed by atoms with Gasteiger partial charge in [0.05, 0.1) is 0 Å². The molecule has 2 heterocycles. The third-order valence-corrected chi connectivity index (χ3v) is 4.93. The maximum atomic E-state index is 12.4. The topological polar surface area (TPSA) is 174 Å². The number of benzene rings is 2. The summed E-state index contributed by atoms with van der Waals surface area (Å²) in [5.74, 6) is -3.68. The smallest absolute Gasteiger partial charge is 0.371 e. The highest BCUT2D eigenvalue weighted by atomic mass is 16.5. The standard InChI is InChI=1S/C24H18O11/c1-24(31,10-32-14-4-2-6-16-20(14)12(25)8-18(34-16)22(27)28)11-33-15-5-3-7-17-21(15)13(26)9-19(35-17)23(29)30/h2-9,31H,10-11H2,1H3,(H,27,28)(H,29,30). The average Bonchev–Trinajstić information content (AvgIpc) is 2.81. The van der Waals surface area contributed by atoms with Crippen molar-refractivity contribution >= 4 is 33.9 Å². The molecule has 0 aliphatic heterocycles. The molecule has 0 aliphatic rings. The predicted octanol–water partition coefficient (Wildman–Crippen LogP) is 2.50. The molecule has 0 spiro atoms. The summed E-state index contributed by atoms with van der Waals surface area (Å²) in [5, 5.41) is 28.9. The molecule has 0 unspecified atom stereocenters. The van der Waals surface area contributed by atoms with Crippen LogP contribution in [-0.2, 0) is 0 Å². The Morgan fingerprint density at radius 1 is 0.800 bits per heavy atom. The minimum atomic E-state index is -1.60. The Bertz CT molecular complexity index is 1460. The van der Waals surface area contributed by atoms with Crippen LogP contribution in [0.25, 0.3) is 21.9 Å². The number of carboxylic acids is 2. The molecule has 0 bridgehead atoms. The molecule has 0 radical (unpaired) electrons. The average molecular weight is 482 g/mol. The van der Waals surface area contributed by atoms with Gasteiger partial charge in [0, 0.05) is 12.1 Å². The second-order valence-electron chi connectivity index (χ2n) is 7.89. The van der Waals surface area contributed by atoms with Crippen LogP contribution < -0.4 is 20.3 Å². The van der Waals surface area contributed by atoms with Gasteiger partial charge in [0.2, 0.25) is 11.5 Å². The van der Waals surface area contributed by atoms with Crippen LogP contribution in [0.4, 0.5) is 0 Å². The summed E-state index contributed by atoms with van der Waals surface area (Å²) >= 11 is 0. The van der Waals surface area contributed by atoms with E-state index in [1.807, 2.05) is 0 Å². The molecular weight excluding hydrogens is 464 g/mol. The van der Waals surface area contributed by atoms with E-state index in [1.165, 1.54) is 43.3 Å². The van der Waals surface area contributed by atoms with Gasteiger partial charge in [-0.1, -0.05) is 12.1 Å². The van der Waals surface area contributed by atoms with Crippen LogP contribution in [0.15, 0.2) is 67.0 Å². The molecule has 4 rings (SSSR count). The van der Waals surface area contributed by atoms with E-state index in [1.54, 1.807) is 0 Å². The Labute approximate surface area is 195 Å². The van der Waals surface area contributed by atoms with Gasteiger partial charge in [0.15, 0.2) is 10.9 Å². The van der Waals surface area contributed by atoms with Crippen molar-refractivity contribution in [3.05, 3.63) is 80.5 Å². The Balaban J connectivity index is 1.54. The molecule has 35 heavy (non-hydrogen) atoms. The van der Waals surface area contributed by atoms with Gasteiger partial charge in [0.25, 0.3) is 0 Å². The van der Waals surface area contributed by atoms with Gasteiger partial charge in [-0.05, 0) is 31.2 Å². The summed E-state index contributed by atoms with van der Waals surface area (Å²) in [7, 11) is 0. The van der Waals surface area contributed by atoms with E-state index in [0.29, 0.717) is 0 Å². The van der Waals surface area contributed by atoms with E-state index in [9.17, 15) is 24.3 Å². The fourth-order valence-electron chi connectivity index (χ4n) is 3.32. The zero-order valence-corrected chi connectivity index (χ0v) is 18.1. The Morgan fingerprint density at radius 2 is 1.20 bits per heavy atom. The molecule has 0 saturated carbocycles. The van der Waals surface area contributed by atoms with Gasteiger partial charge in [-0.2, -0.15) is 0 Å². The fourth-order valence-corrected chi connectivity index (χ4v) is 3.32. The van der Waals surface area contributed by atoms with Crippen LogP contribution in [0.2, 0.25) is 0 Å². The molecule has 0 amide bonds. The van der Waals surface area contributed by atoms with Crippen LogP contribution in [0.1, 0.15) is 28.0 Å². The first-order valence-electron chi connectivity index (χ1n) is 10.1. The Kier molecular flexibility index (Phi) is 6.01. The van der Waals surface area contributed by atoms with Crippen molar-refractivity contribution in [2.45, 2.75) is 12.5 Å². The highest BCUT2D eigenvalue weighted by molar-refractivity contribution is 5.90. The van der Waals surface area contributed by atoms with E-state index in [-0.39, 0.29) is 46.7 Å². The van der Waals surface area contributed by atoms with Gasteiger partial charge in [-0.15, -0.1) is 0 Å². The number of hydrogen-bond acceptors (Lipinski definition) is 9. The van der Waals surface area contributed by atoms with E-state index in [2.05, 4.69) is 0 Å². The van der Waals surface area contributed by atoms with Gasteiger partial charge in [0.1, 0.15) is 52.3 Å². The van der Waals surface area contributed by atoms with Crippen LogP contribution in [0.3, 0.4) is 0 Å². The first kappa shape index (κ1) is 23.5. The summed E-state index contributed by atoms with van der Waals surface area (Å²) in [6.45, 7) is 0.725. The molecule has 3 N–H and O–H groups in total. The molecule has 11 heteroatoms. The first-order chi connectivity index (χ1) is 16.6. The molecule has 180 valence electrons. The maximum absolute atomic E-state index is 12.4. The van der Waals surface area contributed by atoms with Crippen LogP contribution in [0.5, 0.6) is 11.5 Å². The Morgan fingerprint density at radius 3 is 1.57 bits per heavy atom. The van der Waals surface area contributed by atoms with Crippen molar-refractivity contribution in [2.75, 3.05) is 13.2 Å². The van der Waals surface area contributed by atoms with Gasteiger partial charge < -0.3 is 33.6 Å². The minimum Gasteiger partial charge on any atom is -0.490 e. The van der Waals surface area contributed by atoms with E-state index in [4.69, 9.17) is 28.5 Å². The van der Waals surface area contributed by atoms with Crippen molar-refractivity contribution in [1.29, 1.82) is 0 Å². The summed E-state index contributed by atoms with van der Waals surface area (Å²) in [4.78, 5) is 47.1. The number of rotatable bonds is 8. The second kappa shape index (κ2) is 8.95. The third kappa shape index (κ3) is 4.84. The predicted molar refractivity (Wildman–Crippen MR) is 121 cm³/mol. The van der Waals surface area contributed by atoms with E-state index >= 15 is 0 Å². The largest absolute Gasteiger partial charge is 0.490 e. The normalized spacial score (nSPS) is 11.5. The number of carbonyl (C=O) groups is 2. The highest BCUT2D eigenvalue weighted by Crippen LogP contribution is 2.26. The summed E-state index contributed by atoms with van der Waals surface area (Å²) in [6.07, 6.45) is 0. The summed E-state index contributed by atoms with van der Waals surface area (Å²) < 4.78 is 21.7. The molecule has 0 saturated heterocycles. The van der Waals surface area contributed by atoms with Crippen molar-refractivity contribution < 1.29 is 43.2 Å². The summed E-state index contributed by atoms with van der Waals surface area (Å²) in [5.41, 5.74) is -2.85. The molecule has 2 aromatic heterocycles. The number of carboxylic acid groups (broad SMARTS) is 2. The van der Waals surface area contributed by atoms with Gasteiger partial charge in [-0.25, -0.2) is 9.59 Å². The van der Waals surface area contributed by atoms with Crippen LogP contribution >= 0.6 is 0 Å². The Hall–Kier alpha value is -4.64. The van der Waals surface area contributed by atoms with Crippen LogP contribution in [0, 0.1) is 0 Å². The van der Waals surface area contributed by atoms with Crippen molar-refractivity contribution in [2.24, 2.45) is 0 Å². The fraction of sp³-hybridized carbons (Fsp3) is 0.167. The number of aromatic carboxylic acids is 2. The lowest BCUT2D eigenvalue weighted by Crippen LogP contribution is -2.39. The van der Waals surface area contributed by atoms with Gasteiger partial charge in [-0.3, -0.25) is 9.59 Å². The van der Waals surface area contributed by atoms with E-state index in [0.717, 1.165) is 12.1 Å². The lowest BCUT2D eigenvalue weighted by molar-refractivity contribution is -0.0240. The number of aliphatic hydroxyl groups is 1. The highest BCUT2D eigenvalue weighted by Gasteiger charge is 2.25. The lowest BCUT2D eigenvalue weighted by Gasteiger charge is -2.24. The van der Waals surface area contributed by atoms with Crippen molar-refractivity contribution in [3.63, 3.8) is 0 Å². The van der Waals surface area contributed by atoms with Crippen molar-refractivity contribution in [3.8, 4) is 11.5 Å². The molecule has 11 nitrogen and oxygen atoms in total. The van der Waals surface area contributed by atoms with Crippen LogP contribution in [-0.4, -0.2) is 46.1 Å². The minimum absolute atomic E-state index is 0.00602. The SMILES string of the molecule is CC(O)(COc1cccc2oc(C(=O)O)cc(=O)c12)COc1cccc2oc(C(=O)O)cc(=O)c12. The molecular formula is C24H18O11. The van der Waals surface area contributed by atoms with Gasteiger partial charge >= 0.3 is 11.9 Å². The second-order valence-corrected chi connectivity index (χ2v) is 7.89. The number of ether oxygens (including phenoxy) is 2. The molecule has 2 aromatic carbocycles. The lowest BCUT2D eigenvalue weighted by atomic mass is 10.1. The maximum Gasteiger partial charge on any atom is 0.371 e. The monoisotopic (exact) mass is 482 g/mol. The van der Waals surface area contributed by atoms with Crippen molar-refractivity contribution in [1.82, 2.24) is 0 Å². The zero-order valence-electron chi connectivity index (χ0n) is 18.1. The van der Waals surface area contributed by atoms with E-state index < -0.39 is 39.9 Å². The molecule has 0 aliphatic carbocycles. The molecule has 0 fully saturated rings. The number of fused-ring (bicyclic) bond motifs is 2. The first-order valence-corrected chi connectivity index (χ1v) is 10.1. The molecule has 4 aromatic rings. The third-order valence-electron chi connectivity index (χ3n) is 4.93. The summed E-state index contributed by atoms with van der Waals surface area (Å²) in [6, 6.07) is 10.4. The zero-order chi connectivity index (χ0) is 25.3.